The van der Waals surface area contributed by atoms with E-state index in [-0.39, 0.29) is 0 Å². The molecule has 0 amide bonds. The lowest BCUT2D eigenvalue weighted by Crippen LogP contribution is -1.97. The maximum absolute atomic E-state index is 8.68. The van der Waals surface area contributed by atoms with Crippen LogP contribution in [0.1, 0.15) is 0 Å². The van der Waals surface area contributed by atoms with E-state index < -0.39 is 0 Å². The summed E-state index contributed by atoms with van der Waals surface area (Å²) in [4.78, 5) is 0. The van der Waals surface area contributed by atoms with Crippen molar-refractivity contribution in [2.24, 2.45) is 5.16 Å². The second-order valence-corrected chi connectivity index (χ2v) is 2.75. The fourth-order valence-electron chi connectivity index (χ4n) is 1.52. The second-order valence-electron chi connectivity index (χ2n) is 2.75. The van der Waals surface area contributed by atoms with Crippen LogP contribution in [0.5, 0.6) is 0 Å². The molecule has 12 heavy (non-hydrogen) atoms. The van der Waals surface area contributed by atoms with Gasteiger partial charge in [0.2, 0.25) is 0 Å². The van der Waals surface area contributed by atoms with Gasteiger partial charge in [-0.2, -0.15) is 0 Å². The Bertz CT molecular complexity index is 625. The van der Waals surface area contributed by atoms with Crippen molar-refractivity contribution in [3.05, 3.63) is 40.5 Å². The third-order valence-electron chi connectivity index (χ3n) is 2.11. The molecule has 0 aromatic heterocycles. The summed E-state index contributed by atoms with van der Waals surface area (Å²) in [6.07, 6.45) is 0. The van der Waals surface area contributed by atoms with E-state index in [9.17, 15) is 0 Å². The zero-order valence-corrected chi connectivity index (χ0v) is 6.11. The maximum atomic E-state index is 8.68. The van der Waals surface area contributed by atoms with Crippen LogP contribution >= 0.6 is 0 Å². The van der Waals surface area contributed by atoms with E-state index in [1.807, 2.05) is 24.3 Å². The van der Waals surface area contributed by atoms with Crippen LogP contribution in [-0.2, 0) is 0 Å². The van der Waals surface area contributed by atoms with Gasteiger partial charge in [-0.1, -0.05) is 29.4 Å². The minimum Gasteiger partial charge on any atom is -0.446 e. The van der Waals surface area contributed by atoms with Gasteiger partial charge in [-0.05, 0) is 0 Å². The van der Waals surface area contributed by atoms with Gasteiger partial charge < -0.3 is 9.62 Å². The Labute approximate surface area is 66.9 Å². The molecule has 1 aliphatic heterocycles. The van der Waals surface area contributed by atoms with Gasteiger partial charge in [-0.15, -0.1) is 0 Å². The Morgan fingerprint density at radius 1 is 1.08 bits per heavy atom. The SMILES string of the molecule is O/N=c1\c2oc=2c2ccccc12. The molecule has 58 valence electrons. The maximum Gasteiger partial charge on any atom is 0.200 e. The Hall–Kier alpha value is -1.77. The molecule has 0 atom stereocenters. The molecule has 1 heterocycles. The standard InChI is InChI=1S/C9H5NO2/c11-10-7-5-3-1-2-4-6(5)8-9(7)12-8/h1-4,11H/b10-7-. The molecule has 0 saturated heterocycles. The monoisotopic (exact) mass is 159 g/mol. The van der Waals surface area contributed by atoms with Crippen molar-refractivity contribution in [1.29, 1.82) is 0 Å². The zero-order valence-electron chi connectivity index (χ0n) is 6.11. The topological polar surface area (TPSA) is 45.7 Å². The summed E-state index contributed by atoms with van der Waals surface area (Å²) in [7, 11) is 0. The molecule has 1 aromatic carbocycles. The molecular formula is C9H5NO2. The smallest absolute Gasteiger partial charge is 0.200 e. The molecule has 3 nitrogen and oxygen atoms in total. The third-order valence-corrected chi connectivity index (χ3v) is 2.11. The van der Waals surface area contributed by atoms with E-state index in [0.29, 0.717) is 5.36 Å². The average molecular weight is 159 g/mol. The molecule has 0 bridgehead atoms. The molecule has 2 aliphatic rings. The largest absolute Gasteiger partial charge is 0.446 e. The first kappa shape index (κ1) is 5.83. The molecule has 0 fully saturated rings. The van der Waals surface area contributed by atoms with Gasteiger partial charge in [-0.25, -0.2) is 0 Å². The van der Waals surface area contributed by atoms with Crippen molar-refractivity contribution >= 4 is 10.8 Å². The van der Waals surface area contributed by atoms with Gasteiger partial charge in [0.25, 0.3) is 0 Å². The summed E-state index contributed by atoms with van der Waals surface area (Å²) >= 11 is 0. The Morgan fingerprint density at radius 2 is 1.83 bits per heavy atom. The van der Waals surface area contributed by atoms with Crippen molar-refractivity contribution < 1.29 is 9.62 Å². The lowest BCUT2D eigenvalue weighted by Gasteiger charge is -1.86. The van der Waals surface area contributed by atoms with Crippen molar-refractivity contribution in [1.82, 2.24) is 0 Å². The molecule has 3 rings (SSSR count). The summed E-state index contributed by atoms with van der Waals surface area (Å²) in [5, 5.41) is 14.4. The van der Waals surface area contributed by atoms with Gasteiger partial charge in [0.05, 0.1) is 0 Å². The summed E-state index contributed by atoms with van der Waals surface area (Å²) in [6, 6.07) is 7.72. The third kappa shape index (κ3) is 0.504. The normalized spacial score (nSPS) is 13.8. The highest BCUT2D eigenvalue weighted by Crippen LogP contribution is 2.19. The fourth-order valence-corrected chi connectivity index (χ4v) is 1.52. The van der Waals surface area contributed by atoms with Gasteiger partial charge >= 0.3 is 0 Å². The number of rotatable bonds is 0. The quantitative estimate of drug-likeness (QED) is 0.397. The summed E-state index contributed by atoms with van der Waals surface area (Å²) < 4.78 is 5.13. The second kappa shape index (κ2) is 1.69. The van der Waals surface area contributed by atoms with Gasteiger partial charge in [0.15, 0.2) is 16.2 Å². The molecule has 0 saturated carbocycles. The molecule has 1 N–H and O–H groups in total. The molecule has 1 aliphatic carbocycles. The number of fused-ring (bicyclic) bond motifs is 2. The number of benzene rings is 1. The minimum absolute atomic E-state index is 0.556. The highest BCUT2D eigenvalue weighted by Gasteiger charge is 2.14. The van der Waals surface area contributed by atoms with Crippen molar-refractivity contribution in [3.8, 4) is 0 Å². The van der Waals surface area contributed by atoms with Crippen LogP contribution in [0.25, 0.3) is 10.8 Å². The first-order chi connectivity index (χ1) is 5.92. The van der Waals surface area contributed by atoms with E-state index in [1.54, 1.807) is 0 Å². The number of hydrogen-bond donors (Lipinski definition) is 1. The van der Waals surface area contributed by atoms with Gasteiger partial charge in [0, 0.05) is 10.8 Å². The highest BCUT2D eigenvalue weighted by molar-refractivity contribution is 5.83. The highest BCUT2D eigenvalue weighted by atomic mass is 16.4. The molecular weight excluding hydrogens is 154 g/mol. The van der Waals surface area contributed by atoms with E-state index in [0.717, 1.165) is 21.6 Å². The van der Waals surface area contributed by atoms with Crippen LogP contribution in [0, 0.1) is 10.8 Å². The summed E-state index contributed by atoms with van der Waals surface area (Å²) in [6.45, 7) is 0. The molecule has 3 heteroatoms. The van der Waals surface area contributed by atoms with Crippen molar-refractivity contribution in [3.63, 3.8) is 0 Å². The van der Waals surface area contributed by atoms with E-state index in [4.69, 9.17) is 9.62 Å². The molecule has 0 unspecified atom stereocenters. The van der Waals surface area contributed by atoms with E-state index in [1.165, 1.54) is 0 Å². The van der Waals surface area contributed by atoms with Gasteiger partial charge in [-0.3, -0.25) is 0 Å². The predicted octanol–water partition coefficient (Wildman–Crippen LogP) is 1.32. The van der Waals surface area contributed by atoms with Crippen LogP contribution in [0.4, 0.5) is 0 Å². The van der Waals surface area contributed by atoms with Crippen LogP contribution in [0.3, 0.4) is 0 Å². The van der Waals surface area contributed by atoms with Crippen molar-refractivity contribution in [2.45, 2.75) is 0 Å². The molecule has 0 radical (unpaired) electrons. The minimum atomic E-state index is 0.556. The first-order valence-corrected chi connectivity index (χ1v) is 3.66. The Balaban J connectivity index is 2.75. The Morgan fingerprint density at radius 3 is 2.58 bits per heavy atom. The van der Waals surface area contributed by atoms with Crippen LogP contribution in [0.15, 0.2) is 33.8 Å². The van der Waals surface area contributed by atoms with Gasteiger partial charge in [0.1, 0.15) is 0 Å². The van der Waals surface area contributed by atoms with E-state index in [2.05, 4.69) is 5.16 Å². The predicted molar refractivity (Wildman–Crippen MR) is 41.2 cm³/mol. The van der Waals surface area contributed by atoms with Crippen LogP contribution in [0.2, 0.25) is 0 Å². The zero-order chi connectivity index (χ0) is 8.13. The number of hydrogen-bond acceptors (Lipinski definition) is 3. The lowest BCUT2D eigenvalue weighted by atomic mass is 10.2. The molecule has 0 spiro atoms. The first-order valence-electron chi connectivity index (χ1n) is 3.66. The Kier molecular flexibility index (Phi) is 0.821. The molecule has 1 aromatic rings. The summed E-state index contributed by atoms with van der Waals surface area (Å²) in [5.74, 6) is 0. The average Bonchev–Trinajstić information content (AvgIpc) is 2.83. The van der Waals surface area contributed by atoms with Crippen molar-refractivity contribution in [2.75, 3.05) is 0 Å². The fraction of sp³-hybridized carbons (Fsp3) is 0. The van der Waals surface area contributed by atoms with E-state index >= 15 is 0 Å². The van der Waals surface area contributed by atoms with Crippen LogP contribution in [-0.4, -0.2) is 5.21 Å². The summed E-state index contributed by atoms with van der Waals surface area (Å²) in [5.41, 5.74) is 1.58. The lowest BCUT2D eigenvalue weighted by molar-refractivity contribution is 0.301. The van der Waals surface area contributed by atoms with Crippen LogP contribution < -0.4 is 5.36 Å². The number of nitrogens with zero attached hydrogens (tertiary/aromatic N) is 1.